The van der Waals surface area contributed by atoms with Crippen molar-refractivity contribution in [3.63, 3.8) is 0 Å². The van der Waals surface area contributed by atoms with Gasteiger partial charge in [-0.25, -0.2) is 4.98 Å². The van der Waals surface area contributed by atoms with Crippen molar-refractivity contribution >= 4 is 33.9 Å². The molecule has 1 N–H and O–H groups in total. The van der Waals surface area contributed by atoms with E-state index >= 15 is 0 Å². The highest BCUT2D eigenvalue weighted by Crippen LogP contribution is 2.14. The van der Waals surface area contributed by atoms with Crippen molar-refractivity contribution in [3.8, 4) is 0 Å². The van der Waals surface area contributed by atoms with Crippen molar-refractivity contribution < 1.29 is 0 Å². The van der Waals surface area contributed by atoms with Crippen LogP contribution in [0.15, 0.2) is 6.20 Å². The summed E-state index contributed by atoms with van der Waals surface area (Å²) in [6, 6.07) is 0.538. The molecule has 62 valence electrons. The van der Waals surface area contributed by atoms with Crippen molar-refractivity contribution in [2.75, 3.05) is 0 Å². The smallest absolute Gasteiger partial charge is 0.107 e. The molecule has 1 aromatic heterocycles. The van der Waals surface area contributed by atoms with Gasteiger partial charge >= 0.3 is 0 Å². The fourth-order valence-corrected chi connectivity index (χ4v) is 2.15. The highest BCUT2D eigenvalue weighted by molar-refractivity contribution is 14.1. The first-order valence-corrected chi connectivity index (χ1v) is 5.41. The molecule has 0 saturated heterocycles. The van der Waals surface area contributed by atoms with Gasteiger partial charge in [0.1, 0.15) is 5.01 Å². The molecule has 0 radical (unpaired) electrons. The summed E-state index contributed by atoms with van der Waals surface area (Å²) in [6.45, 7) is 5.17. The van der Waals surface area contributed by atoms with Gasteiger partial charge in [-0.05, 0) is 22.6 Å². The Bertz CT molecular complexity index is 222. The van der Waals surface area contributed by atoms with Crippen molar-refractivity contribution in [1.29, 1.82) is 0 Å². The zero-order valence-electron chi connectivity index (χ0n) is 6.60. The summed E-state index contributed by atoms with van der Waals surface area (Å²) in [6.07, 6.45) is 1.91. The summed E-state index contributed by atoms with van der Waals surface area (Å²) in [5.41, 5.74) is 0. The summed E-state index contributed by atoms with van der Waals surface area (Å²) >= 11 is 4.03. The summed E-state index contributed by atoms with van der Waals surface area (Å²) in [5.74, 6) is 0. The Morgan fingerprint density at radius 1 is 1.73 bits per heavy atom. The Morgan fingerprint density at radius 3 is 2.91 bits per heavy atom. The van der Waals surface area contributed by atoms with E-state index in [2.05, 4.69) is 46.7 Å². The first kappa shape index (κ1) is 9.41. The molecule has 0 aliphatic rings. The van der Waals surface area contributed by atoms with E-state index in [1.54, 1.807) is 11.3 Å². The maximum absolute atomic E-state index is 4.24. The van der Waals surface area contributed by atoms with Gasteiger partial charge in [-0.3, -0.25) is 0 Å². The molecule has 0 aromatic carbocycles. The molecule has 2 nitrogen and oxygen atoms in total. The summed E-state index contributed by atoms with van der Waals surface area (Å²) in [5, 5.41) is 4.49. The SMILES string of the molecule is CC(C)NCc1ncc(I)s1. The molecule has 0 saturated carbocycles. The lowest BCUT2D eigenvalue weighted by Crippen LogP contribution is -2.21. The van der Waals surface area contributed by atoms with Crippen LogP contribution in [0.1, 0.15) is 18.9 Å². The minimum atomic E-state index is 0.538. The largest absolute Gasteiger partial charge is 0.308 e. The van der Waals surface area contributed by atoms with Gasteiger partial charge in [0.2, 0.25) is 0 Å². The second kappa shape index (κ2) is 4.37. The van der Waals surface area contributed by atoms with Crippen molar-refractivity contribution in [1.82, 2.24) is 10.3 Å². The standard InChI is InChI=1S/C7H11IN2S/c1-5(2)9-4-7-10-3-6(8)11-7/h3,5,9H,4H2,1-2H3. The number of nitrogens with zero attached hydrogens (tertiary/aromatic N) is 1. The van der Waals surface area contributed by atoms with E-state index in [0.717, 1.165) is 6.54 Å². The molecule has 0 aliphatic heterocycles. The molecule has 0 atom stereocenters. The van der Waals surface area contributed by atoms with Crippen LogP contribution in [0.4, 0.5) is 0 Å². The normalized spacial score (nSPS) is 10.9. The van der Waals surface area contributed by atoms with Gasteiger partial charge in [-0.1, -0.05) is 13.8 Å². The molecule has 0 spiro atoms. The number of nitrogens with one attached hydrogen (secondary N) is 1. The van der Waals surface area contributed by atoms with Gasteiger partial charge in [-0.15, -0.1) is 11.3 Å². The third-order valence-electron chi connectivity index (χ3n) is 1.19. The van der Waals surface area contributed by atoms with Crippen molar-refractivity contribution in [2.45, 2.75) is 26.4 Å². The van der Waals surface area contributed by atoms with Crippen LogP contribution in [-0.4, -0.2) is 11.0 Å². The predicted octanol–water partition coefficient (Wildman–Crippen LogP) is 2.25. The number of halogens is 1. The Morgan fingerprint density at radius 2 is 2.45 bits per heavy atom. The molecule has 0 amide bonds. The molecular weight excluding hydrogens is 271 g/mol. The highest BCUT2D eigenvalue weighted by atomic mass is 127. The van der Waals surface area contributed by atoms with Crippen LogP contribution in [-0.2, 0) is 6.54 Å². The zero-order valence-corrected chi connectivity index (χ0v) is 9.57. The van der Waals surface area contributed by atoms with E-state index in [9.17, 15) is 0 Å². The quantitative estimate of drug-likeness (QED) is 0.860. The summed E-state index contributed by atoms with van der Waals surface area (Å²) in [7, 11) is 0. The molecule has 0 aliphatic carbocycles. The van der Waals surface area contributed by atoms with Crippen LogP contribution in [0.25, 0.3) is 0 Å². The average molecular weight is 282 g/mol. The van der Waals surface area contributed by atoms with E-state index in [4.69, 9.17) is 0 Å². The third kappa shape index (κ3) is 3.48. The van der Waals surface area contributed by atoms with Crippen LogP contribution < -0.4 is 5.32 Å². The molecule has 0 fully saturated rings. The minimum absolute atomic E-state index is 0.538. The lowest BCUT2D eigenvalue weighted by atomic mass is 10.4. The molecule has 11 heavy (non-hydrogen) atoms. The fourth-order valence-electron chi connectivity index (χ4n) is 0.661. The van der Waals surface area contributed by atoms with Crippen molar-refractivity contribution in [3.05, 3.63) is 14.1 Å². The highest BCUT2D eigenvalue weighted by Gasteiger charge is 1.99. The molecule has 1 aromatic rings. The number of thiazole rings is 1. The van der Waals surface area contributed by atoms with Crippen molar-refractivity contribution in [2.24, 2.45) is 0 Å². The molecule has 4 heteroatoms. The van der Waals surface area contributed by atoms with Gasteiger partial charge < -0.3 is 5.32 Å². The van der Waals surface area contributed by atoms with Gasteiger partial charge in [0.05, 0.1) is 9.08 Å². The average Bonchev–Trinajstić information content (AvgIpc) is 2.31. The van der Waals surface area contributed by atoms with Gasteiger partial charge in [0, 0.05) is 12.6 Å². The molecular formula is C7H11IN2S. The number of hydrogen-bond acceptors (Lipinski definition) is 3. The Hall–Kier alpha value is 0.320. The first-order valence-electron chi connectivity index (χ1n) is 3.52. The molecule has 0 bridgehead atoms. The Balaban J connectivity index is 2.39. The van der Waals surface area contributed by atoms with E-state index in [1.165, 1.54) is 7.89 Å². The zero-order chi connectivity index (χ0) is 8.27. The van der Waals surface area contributed by atoms with E-state index in [-0.39, 0.29) is 0 Å². The van der Waals surface area contributed by atoms with Crippen LogP contribution in [0.2, 0.25) is 0 Å². The van der Waals surface area contributed by atoms with E-state index in [0.29, 0.717) is 6.04 Å². The topological polar surface area (TPSA) is 24.9 Å². The predicted molar refractivity (Wildman–Crippen MR) is 56.8 cm³/mol. The summed E-state index contributed by atoms with van der Waals surface area (Å²) < 4.78 is 1.25. The summed E-state index contributed by atoms with van der Waals surface area (Å²) in [4.78, 5) is 4.24. The Labute approximate surface area is 84.6 Å². The maximum Gasteiger partial charge on any atom is 0.107 e. The monoisotopic (exact) mass is 282 g/mol. The van der Waals surface area contributed by atoms with Crippen LogP contribution in [0, 0.1) is 2.88 Å². The van der Waals surface area contributed by atoms with Gasteiger partial charge in [0.15, 0.2) is 0 Å². The third-order valence-corrected chi connectivity index (χ3v) is 2.91. The van der Waals surface area contributed by atoms with Crippen LogP contribution >= 0.6 is 33.9 Å². The first-order chi connectivity index (χ1) is 5.18. The molecule has 1 rings (SSSR count). The molecule has 1 heterocycles. The lowest BCUT2D eigenvalue weighted by molar-refractivity contribution is 0.587. The number of rotatable bonds is 3. The molecule has 0 unspecified atom stereocenters. The van der Waals surface area contributed by atoms with Gasteiger partial charge in [-0.2, -0.15) is 0 Å². The van der Waals surface area contributed by atoms with E-state index < -0.39 is 0 Å². The second-order valence-corrected chi connectivity index (χ2v) is 5.60. The number of hydrogen-bond donors (Lipinski definition) is 1. The maximum atomic E-state index is 4.24. The minimum Gasteiger partial charge on any atom is -0.308 e. The van der Waals surface area contributed by atoms with Crippen LogP contribution in [0.5, 0.6) is 0 Å². The van der Waals surface area contributed by atoms with Crippen LogP contribution in [0.3, 0.4) is 0 Å². The van der Waals surface area contributed by atoms with E-state index in [1.807, 2.05) is 6.20 Å². The fraction of sp³-hybridized carbons (Fsp3) is 0.571. The second-order valence-electron chi connectivity index (χ2n) is 2.59. The number of aromatic nitrogens is 1. The Kier molecular flexibility index (Phi) is 3.74. The van der Waals surface area contributed by atoms with Gasteiger partial charge in [0.25, 0.3) is 0 Å². The lowest BCUT2D eigenvalue weighted by Gasteiger charge is -2.03.